The zero-order valence-electron chi connectivity index (χ0n) is 42.7. The smallest absolute Gasteiger partial charge is 0.324 e. The number of aliphatic imine (C=N–C) groups is 3. The highest BCUT2D eigenvalue weighted by Crippen LogP contribution is 2.52. The lowest BCUT2D eigenvalue weighted by molar-refractivity contribution is -0.313. The van der Waals surface area contributed by atoms with Gasteiger partial charge in [-0.25, -0.2) is 9.98 Å². The van der Waals surface area contributed by atoms with Crippen molar-refractivity contribution in [2.24, 2.45) is 37.9 Å². The quantitative estimate of drug-likeness (QED) is 0.0126. The second-order valence-corrected chi connectivity index (χ2v) is 27.5. The first kappa shape index (κ1) is 67.5. The number of nitrogens with one attached hydrogen (secondary N) is 1. The number of nitrogens with two attached hydrogens (primary N) is 4. The minimum atomic E-state index is -4.15. The summed E-state index contributed by atoms with van der Waals surface area (Å²) in [5, 5.41) is 80.5. The molecule has 6 rings (SSSR count). The van der Waals surface area contributed by atoms with Gasteiger partial charge in [-0.3, -0.25) is 4.99 Å². The maximum absolute atomic E-state index is 12.4. The van der Waals surface area contributed by atoms with E-state index in [0.717, 1.165) is 6.21 Å². The number of aliphatic hydroxyl groups is 7. The van der Waals surface area contributed by atoms with E-state index in [9.17, 15) is 50.4 Å². The number of hydrogen-bond donors (Lipinski definition) is 15. The van der Waals surface area contributed by atoms with E-state index in [1.165, 1.54) is 21.1 Å². The summed E-state index contributed by atoms with van der Waals surface area (Å²) in [6.45, 7) is -12.8. The van der Waals surface area contributed by atoms with Gasteiger partial charge >= 0.3 is 20.2 Å². The Balaban J connectivity index is 1.09. The predicted octanol–water partition coefficient (Wildman–Crippen LogP) is -7.98. The van der Waals surface area contributed by atoms with E-state index < -0.39 is 198 Å². The highest BCUT2D eigenvalue weighted by molar-refractivity contribution is 8.07. The summed E-state index contributed by atoms with van der Waals surface area (Å²) >= 11 is 15.5. The van der Waals surface area contributed by atoms with Gasteiger partial charge < -0.3 is 144 Å². The van der Waals surface area contributed by atoms with E-state index in [2.05, 4.69) is 20.3 Å². The van der Waals surface area contributed by atoms with Gasteiger partial charge in [0.25, 0.3) is 0 Å². The number of aliphatic hydroxyl groups excluding tert-OH is 6. The van der Waals surface area contributed by atoms with Crippen molar-refractivity contribution >= 4 is 97.2 Å². The molecule has 0 aromatic rings. The molecule has 6 aliphatic rings. The monoisotopic (exact) mass is 1240 g/mol. The van der Waals surface area contributed by atoms with Crippen molar-refractivity contribution in [3.63, 3.8) is 0 Å². The molecule has 0 aromatic heterocycles. The van der Waals surface area contributed by atoms with Gasteiger partial charge in [0, 0.05) is 31.3 Å². The molecular formula is C38H68B3N8O24P3S3. The molecule has 27 atom stereocenters. The molecule has 6 fully saturated rings. The van der Waals surface area contributed by atoms with Gasteiger partial charge in [-0.2, -0.15) is 0 Å². The molecule has 0 spiro atoms. The summed E-state index contributed by atoms with van der Waals surface area (Å²) in [6.07, 6.45) is -23.0. The lowest BCUT2D eigenvalue weighted by atomic mass is 9.81. The van der Waals surface area contributed by atoms with Crippen LogP contribution >= 0.6 is 20.2 Å². The molecule has 1 saturated carbocycles. The van der Waals surface area contributed by atoms with Gasteiger partial charge in [0.05, 0.1) is 56.9 Å². The SMILES string of the molecule is [B]C1CC(OP(O)(=S)OC)C(COP(O)(=S)OC2CC([B])OC2COP(O)(=S)OC2CC([B])OC2COC/N=C\C2(O)C(C)OC(OC3C(O)C(O)C(N=C(N)N)C(O)C3N=C(N)N)C2OC2OC(CO)C(O)C(O)C2NC)O1. The normalized spacial score (nSPS) is 44.0. The largest absolute Gasteiger partial charge is 0.394 e. The highest BCUT2D eigenvalue weighted by atomic mass is 32.5. The van der Waals surface area contributed by atoms with Gasteiger partial charge in [-0.1, -0.05) is 0 Å². The van der Waals surface area contributed by atoms with Crippen LogP contribution in [0.3, 0.4) is 0 Å². The molecule has 41 heteroatoms. The van der Waals surface area contributed by atoms with E-state index in [-0.39, 0.29) is 32.5 Å². The Hall–Kier alpha value is -0.645. The average molecular weight is 1240 g/mol. The van der Waals surface area contributed by atoms with Crippen molar-refractivity contribution in [2.45, 2.75) is 172 Å². The van der Waals surface area contributed by atoms with Crippen molar-refractivity contribution < 1.29 is 115 Å². The molecule has 6 radical (unpaired) electrons. The fraction of sp³-hybridized carbons (Fsp3) is 0.921. The molecule has 0 bridgehead atoms. The number of guanidine groups is 2. The van der Waals surface area contributed by atoms with Crippen LogP contribution in [0.15, 0.2) is 15.0 Å². The van der Waals surface area contributed by atoms with Crippen LogP contribution in [0.5, 0.6) is 0 Å². The third-order valence-corrected chi connectivity index (χ3v) is 18.3. The third-order valence-electron chi connectivity index (χ3n) is 13.4. The Morgan fingerprint density at radius 1 is 0.671 bits per heavy atom. The topological polar surface area (TPSA) is 485 Å². The first-order valence-electron chi connectivity index (χ1n) is 24.3. The van der Waals surface area contributed by atoms with Crippen LogP contribution in [-0.4, -0.2) is 285 Å². The van der Waals surface area contributed by atoms with E-state index >= 15 is 0 Å². The van der Waals surface area contributed by atoms with Crippen LogP contribution in [0.2, 0.25) is 0 Å². The van der Waals surface area contributed by atoms with Crippen molar-refractivity contribution in [3.8, 4) is 0 Å². The van der Waals surface area contributed by atoms with Crippen molar-refractivity contribution in [3.05, 3.63) is 0 Å². The molecule has 79 heavy (non-hydrogen) atoms. The van der Waals surface area contributed by atoms with E-state index in [1.54, 1.807) is 0 Å². The maximum Gasteiger partial charge on any atom is 0.324 e. The van der Waals surface area contributed by atoms with Crippen LogP contribution in [0.1, 0.15) is 26.2 Å². The minimum Gasteiger partial charge on any atom is -0.394 e. The Morgan fingerprint density at radius 3 is 1.65 bits per heavy atom. The van der Waals surface area contributed by atoms with Crippen molar-refractivity contribution in [2.75, 3.05) is 47.3 Å². The molecular weight excluding hydrogens is 1170 g/mol. The lowest BCUT2D eigenvalue weighted by Gasteiger charge is -2.45. The van der Waals surface area contributed by atoms with Gasteiger partial charge in [-0.15, -0.1) is 0 Å². The predicted molar refractivity (Wildman–Crippen MR) is 286 cm³/mol. The molecule has 5 heterocycles. The first-order valence-corrected chi connectivity index (χ1v) is 32.1. The van der Waals surface area contributed by atoms with Crippen LogP contribution in [0, 0.1) is 0 Å². The summed E-state index contributed by atoms with van der Waals surface area (Å²) < 4.78 is 80.1. The van der Waals surface area contributed by atoms with Gasteiger partial charge in [0.1, 0.15) is 109 Å². The number of hydrogen-bond acceptors (Lipinski definition) is 28. The van der Waals surface area contributed by atoms with Crippen LogP contribution in [0.25, 0.3) is 0 Å². The van der Waals surface area contributed by atoms with Crippen molar-refractivity contribution in [1.82, 2.24) is 5.32 Å². The molecule has 5 aliphatic heterocycles. The van der Waals surface area contributed by atoms with Crippen LogP contribution in [0.4, 0.5) is 0 Å². The standard InChI is InChI=1S/C38H68B3N8O24P3S3/c1-13-38(56,33(70-34-26(46-2)30(54)27(51)17(7-50)68-34)35(64-13)69-32-25(49-37(44)45)28(52)24(48-36(42)43)29(53)31(32)55)11-47-12-61-8-18-14(4-21(39)65-18)72-75(58,78)63-10-20-16(6-23(41)67-20)73-76(59,79)62-9-19-15(5-22(40)66-19)71-74(57,77)60-3/h11,13-35,46,50-56H,4-10,12H2,1-3H3,(H,57,77)(H,58,78)(H,59,79)(H4,42,43,48)(H4,44,45,49)/b47-11-. The second kappa shape index (κ2) is 28.7. The summed E-state index contributed by atoms with van der Waals surface area (Å²) in [7, 11) is 20.6. The maximum atomic E-state index is 12.4. The summed E-state index contributed by atoms with van der Waals surface area (Å²) in [5.74, 6) is -1.12. The van der Waals surface area contributed by atoms with Gasteiger partial charge in [0.15, 0.2) is 30.1 Å². The second-order valence-electron chi connectivity index (χ2n) is 19.0. The van der Waals surface area contributed by atoms with E-state index in [4.69, 9.17) is 147 Å². The Labute approximate surface area is 473 Å². The first-order chi connectivity index (χ1) is 36.9. The minimum absolute atomic E-state index is 0.0126. The van der Waals surface area contributed by atoms with Crippen molar-refractivity contribution in [1.29, 1.82) is 0 Å². The van der Waals surface area contributed by atoms with Crippen LogP contribution < -0.4 is 28.3 Å². The molecule has 0 aromatic carbocycles. The molecule has 0 amide bonds. The number of ether oxygens (including phenoxy) is 8. The Bertz CT molecular complexity index is 2260. The molecule has 1 aliphatic carbocycles. The van der Waals surface area contributed by atoms with Gasteiger partial charge in [0.2, 0.25) is 0 Å². The lowest BCUT2D eigenvalue weighted by Crippen LogP contribution is -2.66. The zero-order valence-corrected chi connectivity index (χ0v) is 47.8. The van der Waals surface area contributed by atoms with E-state index in [1.807, 2.05) is 0 Å². The molecule has 27 unspecified atom stereocenters. The number of rotatable bonds is 26. The highest BCUT2D eigenvalue weighted by Gasteiger charge is 2.60. The number of likely N-dealkylation sites (N-methyl/N-ethyl adjacent to an activating group) is 1. The average Bonchev–Trinajstić information content (AvgIpc) is 4.09. The fourth-order valence-electron chi connectivity index (χ4n) is 9.47. The Morgan fingerprint density at radius 2 is 1.16 bits per heavy atom. The zero-order chi connectivity index (χ0) is 58.5. The molecule has 19 N–H and O–H groups in total. The van der Waals surface area contributed by atoms with Crippen LogP contribution in [-0.2, 0) is 100 Å². The summed E-state index contributed by atoms with van der Waals surface area (Å²) in [6, 6.07) is -6.97. The summed E-state index contributed by atoms with van der Waals surface area (Å²) in [5.41, 5.74) is 20.1. The third kappa shape index (κ3) is 17.5. The molecule has 5 saturated heterocycles. The fourth-order valence-corrected chi connectivity index (χ4v) is 13.4. The molecule has 32 nitrogen and oxygen atoms in total. The molecule has 446 valence electrons. The summed E-state index contributed by atoms with van der Waals surface area (Å²) in [4.78, 5) is 44.4. The van der Waals surface area contributed by atoms with Gasteiger partial charge in [-0.05, 0) is 68.7 Å². The Kier molecular flexibility index (Phi) is 24.5. The number of nitrogens with zero attached hydrogens (tertiary/aromatic N) is 3. The van der Waals surface area contributed by atoms with E-state index in [0.29, 0.717) is 0 Å².